The Morgan fingerprint density at radius 3 is 2.61 bits per heavy atom. The molecule has 2 N–H and O–H groups in total. The van der Waals surface area contributed by atoms with Crippen LogP contribution in [0, 0.1) is 19.7 Å². The molecule has 18 heavy (non-hydrogen) atoms. The minimum absolute atomic E-state index is 0.315. The summed E-state index contributed by atoms with van der Waals surface area (Å²) >= 11 is 6.01. The zero-order chi connectivity index (χ0) is 13.3. The monoisotopic (exact) mass is 267 g/mol. The summed E-state index contributed by atoms with van der Waals surface area (Å²) in [4.78, 5) is 0. The molecule has 1 heterocycles. The van der Waals surface area contributed by atoms with Crippen LogP contribution < -0.4 is 5.73 Å². The Labute approximate surface area is 110 Å². The lowest BCUT2D eigenvalue weighted by atomic mass is 10.2. The van der Waals surface area contributed by atoms with Gasteiger partial charge in [0, 0.05) is 28.4 Å². The zero-order valence-electron chi connectivity index (χ0n) is 10.4. The van der Waals surface area contributed by atoms with Crippen LogP contribution in [-0.2, 0) is 13.1 Å². The number of nitrogens with zero attached hydrogens (tertiary/aromatic N) is 2. The minimum atomic E-state index is -0.315. The molecule has 0 spiro atoms. The van der Waals surface area contributed by atoms with Gasteiger partial charge in [-0.3, -0.25) is 4.68 Å². The maximum absolute atomic E-state index is 13.7. The third-order valence-electron chi connectivity index (χ3n) is 3.11. The van der Waals surface area contributed by atoms with Gasteiger partial charge in [0.25, 0.3) is 0 Å². The summed E-state index contributed by atoms with van der Waals surface area (Å²) in [6.45, 7) is 4.58. The Morgan fingerprint density at radius 1 is 1.33 bits per heavy atom. The highest BCUT2D eigenvalue weighted by atomic mass is 35.5. The van der Waals surface area contributed by atoms with Crippen LogP contribution in [0.4, 0.5) is 4.39 Å². The first-order valence-corrected chi connectivity index (χ1v) is 6.08. The van der Waals surface area contributed by atoms with Gasteiger partial charge in [0.15, 0.2) is 0 Å². The van der Waals surface area contributed by atoms with E-state index >= 15 is 0 Å². The molecule has 0 unspecified atom stereocenters. The number of aromatic nitrogens is 2. The molecule has 0 aliphatic rings. The van der Waals surface area contributed by atoms with Gasteiger partial charge in [-0.05, 0) is 26.0 Å². The highest BCUT2D eigenvalue weighted by Gasteiger charge is 2.13. The molecule has 2 aromatic rings. The molecule has 0 saturated carbocycles. The van der Waals surface area contributed by atoms with Crippen molar-refractivity contribution in [3.8, 4) is 0 Å². The predicted molar refractivity (Wildman–Crippen MR) is 70.1 cm³/mol. The van der Waals surface area contributed by atoms with Crippen LogP contribution in [-0.4, -0.2) is 9.78 Å². The van der Waals surface area contributed by atoms with Gasteiger partial charge in [0.1, 0.15) is 5.82 Å². The molecule has 0 radical (unpaired) electrons. The van der Waals surface area contributed by atoms with Gasteiger partial charge in [-0.25, -0.2) is 4.39 Å². The molecule has 0 bridgehead atoms. The first-order chi connectivity index (χ1) is 8.54. The van der Waals surface area contributed by atoms with Gasteiger partial charge in [-0.15, -0.1) is 0 Å². The molecule has 3 nitrogen and oxygen atoms in total. The molecule has 2 rings (SSSR count). The van der Waals surface area contributed by atoms with E-state index in [-0.39, 0.29) is 5.82 Å². The Morgan fingerprint density at radius 2 is 2.06 bits per heavy atom. The number of benzene rings is 1. The topological polar surface area (TPSA) is 43.8 Å². The molecule has 0 fully saturated rings. The summed E-state index contributed by atoms with van der Waals surface area (Å²) in [7, 11) is 0. The SMILES string of the molecule is Cc1nn(Cc2c(F)cccc2Cl)c(C)c1CN. The normalized spacial score (nSPS) is 10.9. The van der Waals surface area contributed by atoms with E-state index in [0.29, 0.717) is 23.7 Å². The highest BCUT2D eigenvalue weighted by molar-refractivity contribution is 6.31. The van der Waals surface area contributed by atoms with Crippen molar-refractivity contribution < 1.29 is 4.39 Å². The van der Waals surface area contributed by atoms with Crippen LogP contribution in [0.25, 0.3) is 0 Å². The van der Waals surface area contributed by atoms with Crippen LogP contribution in [0.1, 0.15) is 22.5 Å². The van der Waals surface area contributed by atoms with E-state index in [1.165, 1.54) is 6.07 Å². The van der Waals surface area contributed by atoms with Gasteiger partial charge < -0.3 is 5.73 Å². The molecule has 1 aromatic heterocycles. The molecule has 1 aromatic carbocycles. The summed E-state index contributed by atoms with van der Waals surface area (Å²) < 4.78 is 15.4. The summed E-state index contributed by atoms with van der Waals surface area (Å²) in [6, 6.07) is 4.67. The lowest BCUT2D eigenvalue weighted by Crippen LogP contribution is -2.07. The quantitative estimate of drug-likeness (QED) is 0.929. The second kappa shape index (κ2) is 5.08. The van der Waals surface area contributed by atoms with E-state index in [0.717, 1.165) is 17.0 Å². The number of hydrogen-bond acceptors (Lipinski definition) is 2. The van der Waals surface area contributed by atoms with Crippen LogP contribution in [0.15, 0.2) is 18.2 Å². The van der Waals surface area contributed by atoms with Crippen molar-refractivity contribution >= 4 is 11.6 Å². The lowest BCUT2D eigenvalue weighted by Gasteiger charge is -2.08. The van der Waals surface area contributed by atoms with Crippen molar-refractivity contribution in [3.05, 3.63) is 51.6 Å². The van der Waals surface area contributed by atoms with Crippen LogP contribution in [0.3, 0.4) is 0 Å². The molecule has 96 valence electrons. The van der Waals surface area contributed by atoms with Crippen molar-refractivity contribution in [2.45, 2.75) is 26.9 Å². The number of nitrogens with two attached hydrogens (primary N) is 1. The number of aryl methyl sites for hydroxylation is 1. The molecular formula is C13H15ClFN3. The van der Waals surface area contributed by atoms with Crippen LogP contribution in [0.2, 0.25) is 5.02 Å². The third-order valence-corrected chi connectivity index (χ3v) is 3.46. The second-order valence-corrected chi connectivity index (χ2v) is 4.62. The van der Waals surface area contributed by atoms with E-state index in [9.17, 15) is 4.39 Å². The predicted octanol–water partition coefficient (Wildman–Crippen LogP) is 2.80. The Kier molecular flexibility index (Phi) is 3.68. The summed E-state index contributed by atoms with van der Waals surface area (Å²) in [5, 5.41) is 4.78. The van der Waals surface area contributed by atoms with E-state index in [1.54, 1.807) is 16.8 Å². The molecule has 0 amide bonds. The van der Waals surface area contributed by atoms with Crippen molar-refractivity contribution in [1.29, 1.82) is 0 Å². The first-order valence-electron chi connectivity index (χ1n) is 5.70. The number of rotatable bonds is 3. The lowest BCUT2D eigenvalue weighted by molar-refractivity contribution is 0.578. The van der Waals surface area contributed by atoms with E-state index in [2.05, 4.69) is 5.10 Å². The second-order valence-electron chi connectivity index (χ2n) is 4.21. The van der Waals surface area contributed by atoms with E-state index in [4.69, 9.17) is 17.3 Å². The highest BCUT2D eigenvalue weighted by Crippen LogP contribution is 2.21. The molecule has 0 aliphatic heterocycles. The maximum atomic E-state index is 13.7. The average molecular weight is 268 g/mol. The fraction of sp³-hybridized carbons (Fsp3) is 0.308. The van der Waals surface area contributed by atoms with Crippen molar-refractivity contribution in [1.82, 2.24) is 9.78 Å². The zero-order valence-corrected chi connectivity index (χ0v) is 11.1. The fourth-order valence-corrected chi connectivity index (χ4v) is 2.24. The van der Waals surface area contributed by atoms with E-state index < -0.39 is 0 Å². The van der Waals surface area contributed by atoms with Crippen molar-refractivity contribution in [3.63, 3.8) is 0 Å². The Balaban J connectivity index is 2.41. The van der Waals surface area contributed by atoms with Gasteiger partial charge in [0.05, 0.1) is 12.2 Å². The number of halogens is 2. The standard InChI is InChI=1S/C13H15ClFN3/c1-8-10(6-16)9(2)18(17-8)7-11-12(14)4-3-5-13(11)15/h3-5H,6-7,16H2,1-2H3. The smallest absolute Gasteiger partial charge is 0.129 e. The maximum Gasteiger partial charge on any atom is 0.129 e. The number of hydrogen-bond donors (Lipinski definition) is 1. The molecule has 0 atom stereocenters. The Hall–Kier alpha value is -1.39. The van der Waals surface area contributed by atoms with Gasteiger partial charge in [-0.2, -0.15) is 5.10 Å². The summed E-state index contributed by atoms with van der Waals surface area (Å²) in [6.07, 6.45) is 0. The van der Waals surface area contributed by atoms with Crippen molar-refractivity contribution in [2.75, 3.05) is 0 Å². The van der Waals surface area contributed by atoms with Gasteiger partial charge in [-0.1, -0.05) is 17.7 Å². The summed E-state index contributed by atoms with van der Waals surface area (Å²) in [5.74, 6) is -0.315. The van der Waals surface area contributed by atoms with Gasteiger partial charge in [0.2, 0.25) is 0 Å². The summed E-state index contributed by atoms with van der Waals surface area (Å²) in [5.41, 5.74) is 8.95. The first kappa shape index (κ1) is 13.1. The minimum Gasteiger partial charge on any atom is -0.326 e. The third kappa shape index (κ3) is 2.26. The largest absolute Gasteiger partial charge is 0.326 e. The van der Waals surface area contributed by atoms with Crippen molar-refractivity contribution in [2.24, 2.45) is 5.73 Å². The Bertz CT molecular complexity index is 558. The molecular weight excluding hydrogens is 253 g/mol. The van der Waals surface area contributed by atoms with Crippen LogP contribution in [0.5, 0.6) is 0 Å². The van der Waals surface area contributed by atoms with Crippen LogP contribution >= 0.6 is 11.6 Å². The van der Waals surface area contributed by atoms with E-state index in [1.807, 2.05) is 13.8 Å². The average Bonchev–Trinajstić information content (AvgIpc) is 2.59. The van der Waals surface area contributed by atoms with Gasteiger partial charge >= 0.3 is 0 Å². The molecule has 5 heteroatoms. The molecule has 0 saturated heterocycles. The fourth-order valence-electron chi connectivity index (χ4n) is 2.02. The molecule has 0 aliphatic carbocycles.